The van der Waals surface area contributed by atoms with Gasteiger partial charge in [-0.1, -0.05) is 43.0 Å². The second-order valence-corrected chi connectivity index (χ2v) is 8.22. The van der Waals surface area contributed by atoms with Gasteiger partial charge in [-0.15, -0.1) is 0 Å². The minimum atomic E-state index is -0.706. The molecule has 0 saturated heterocycles. The topological polar surface area (TPSA) is 157 Å². The first-order valence-electron chi connectivity index (χ1n) is 11.9. The number of fused-ring (bicyclic) bond motifs is 1. The molecular weight excluding hydrogens is 496 g/mol. The Bertz CT molecular complexity index is 1770. The number of carbonyl (C=O) groups is 1. The molecule has 5 aromatic rings. The Hall–Kier alpha value is -5.50. The van der Waals surface area contributed by atoms with Crippen LogP contribution in [0.5, 0.6) is 5.88 Å². The molecular formula is C28H26N8O3. The van der Waals surface area contributed by atoms with Crippen LogP contribution in [0.2, 0.25) is 0 Å². The maximum atomic E-state index is 13.4. The maximum absolute atomic E-state index is 13.4. The van der Waals surface area contributed by atoms with Crippen molar-refractivity contribution in [3.8, 4) is 23.4 Å². The minimum absolute atomic E-state index is 0.0261. The summed E-state index contributed by atoms with van der Waals surface area (Å²) in [5, 5.41) is 4.66. The van der Waals surface area contributed by atoms with E-state index in [1.807, 2.05) is 68.7 Å². The molecule has 0 saturated carbocycles. The number of methoxy groups -OCH3 is 1. The van der Waals surface area contributed by atoms with Gasteiger partial charge in [-0.05, 0) is 24.3 Å². The minimum Gasteiger partial charge on any atom is -0.480 e. The molecule has 0 unspecified atom stereocenters. The number of para-hydroxylation sites is 1. The smallest absolute Gasteiger partial charge is 0.271 e. The Balaban J connectivity index is 0.000000247. The number of hydrogen-bond acceptors (Lipinski definition) is 8. The number of anilines is 1. The van der Waals surface area contributed by atoms with Crippen LogP contribution in [-0.2, 0) is 13.5 Å². The number of primary amides is 1. The highest BCUT2D eigenvalue weighted by Gasteiger charge is 2.14. The van der Waals surface area contributed by atoms with Gasteiger partial charge >= 0.3 is 0 Å². The van der Waals surface area contributed by atoms with Crippen LogP contribution in [0.3, 0.4) is 0 Å². The summed E-state index contributed by atoms with van der Waals surface area (Å²) < 4.78 is 8.10. The van der Waals surface area contributed by atoms with Crippen LogP contribution in [0.25, 0.3) is 16.6 Å². The van der Waals surface area contributed by atoms with Gasteiger partial charge in [-0.25, -0.2) is 9.97 Å². The Morgan fingerprint density at radius 3 is 2.44 bits per heavy atom. The van der Waals surface area contributed by atoms with Crippen LogP contribution in [-0.4, -0.2) is 42.3 Å². The Morgan fingerprint density at radius 2 is 1.82 bits per heavy atom. The number of aryl methyl sites for hydroxylation is 2. The summed E-state index contributed by atoms with van der Waals surface area (Å²) in [4.78, 5) is 36.1. The first kappa shape index (κ1) is 26.6. The normalized spacial score (nSPS) is 10.2. The number of nitrogens with zero attached hydrogens (tertiary/aromatic N) is 6. The quantitative estimate of drug-likeness (QED) is 0.340. The molecule has 0 aliphatic carbocycles. The lowest BCUT2D eigenvalue weighted by molar-refractivity contribution is 0.0996. The van der Waals surface area contributed by atoms with Crippen molar-refractivity contribution in [2.75, 3.05) is 12.8 Å². The number of nitrogen functional groups attached to an aromatic ring is 1. The molecule has 11 heteroatoms. The Labute approximate surface area is 224 Å². The number of amides is 1. The lowest BCUT2D eigenvalue weighted by Crippen LogP contribution is -2.24. The second-order valence-electron chi connectivity index (χ2n) is 8.22. The Morgan fingerprint density at radius 1 is 1.05 bits per heavy atom. The lowest BCUT2D eigenvalue weighted by Gasteiger charge is -2.13. The van der Waals surface area contributed by atoms with Gasteiger partial charge in [0.25, 0.3) is 11.5 Å². The molecule has 196 valence electrons. The van der Waals surface area contributed by atoms with Crippen LogP contribution in [0.1, 0.15) is 34.4 Å². The highest BCUT2D eigenvalue weighted by molar-refractivity contribution is 5.94. The van der Waals surface area contributed by atoms with E-state index in [0.29, 0.717) is 22.9 Å². The summed E-state index contributed by atoms with van der Waals surface area (Å²) >= 11 is 0. The van der Waals surface area contributed by atoms with Crippen molar-refractivity contribution < 1.29 is 9.53 Å². The number of rotatable bonds is 4. The third kappa shape index (κ3) is 5.91. The van der Waals surface area contributed by atoms with Crippen molar-refractivity contribution in [2.45, 2.75) is 13.3 Å². The van der Waals surface area contributed by atoms with E-state index >= 15 is 0 Å². The second kappa shape index (κ2) is 11.7. The largest absolute Gasteiger partial charge is 0.480 e. The molecule has 0 fully saturated rings. The summed E-state index contributed by atoms with van der Waals surface area (Å²) in [6.07, 6.45) is 5.48. The summed E-state index contributed by atoms with van der Waals surface area (Å²) in [5.74, 6) is 6.45. The zero-order chi connectivity index (χ0) is 27.9. The van der Waals surface area contributed by atoms with E-state index in [4.69, 9.17) is 21.2 Å². The molecule has 2 aromatic carbocycles. The van der Waals surface area contributed by atoms with Crippen LogP contribution >= 0.6 is 0 Å². The summed E-state index contributed by atoms with van der Waals surface area (Å²) in [6, 6.07) is 15.2. The number of ether oxygens (including phenoxy) is 1. The third-order valence-corrected chi connectivity index (χ3v) is 5.56. The number of aromatic nitrogens is 6. The van der Waals surface area contributed by atoms with Crippen molar-refractivity contribution in [2.24, 2.45) is 12.8 Å². The fraction of sp³-hybridized carbons (Fsp3) is 0.143. The standard InChI is InChI=1S/C22H18N4O.C6H8N4O2/c1-3-20-24-19-11-7-8-17(13-12-16-14-23-25(2)15-16)21(19)22(27)26(20)18-9-5-4-6-10-18;1-12-3-2-9-4(6(8)11)5(7)10-3/h4-11,14-15H,3H2,1-2H3;2H,1H3,(H2,7,10)(H2,8,11). The lowest BCUT2D eigenvalue weighted by atomic mass is 10.1. The molecule has 5 rings (SSSR count). The molecule has 0 spiro atoms. The van der Waals surface area contributed by atoms with E-state index in [0.717, 1.165) is 17.1 Å². The first-order chi connectivity index (χ1) is 18.8. The van der Waals surface area contributed by atoms with Gasteiger partial charge in [0.15, 0.2) is 11.5 Å². The van der Waals surface area contributed by atoms with Gasteiger partial charge in [0.1, 0.15) is 5.82 Å². The molecule has 11 nitrogen and oxygen atoms in total. The zero-order valence-corrected chi connectivity index (χ0v) is 21.6. The number of hydrogen-bond donors (Lipinski definition) is 2. The van der Waals surface area contributed by atoms with Gasteiger partial charge in [0.2, 0.25) is 5.88 Å². The van der Waals surface area contributed by atoms with E-state index in [9.17, 15) is 9.59 Å². The van der Waals surface area contributed by atoms with Gasteiger partial charge in [0, 0.05) is 25.2 Å². The van der Waals surface area contributed by atoms with E-state index in [2.05, 4.69) is 26.9 Å². The van der Waals surface area contributed by atoms with Crippen molar-refractivity contribution in [3.05, 3.63) is 100 Å². The number of carbonyl (C=O) groups excluding carboxylic acids is 1. The molecule has 0 aliphatic rings. The van der Waals surface area contributed by atoms with E-state index in [1.54, 1.807) is 15.4 Å². The highest BCUT2D eigenvalue weighted by atomic mass is 16.5. The monoisotopic (exact) mass is 522 g/mol. The average molecular weight is 523 g/mol. The molecule has 1 amide bonds. The van der Waals surface area contributed by atoms with Crippen molar-refractivity contribution in [1.29, 1.82) is 0 Å². The third-order valence-electron chi connectivity index (χ3n) is 5.56. The van der Waals surface area contributed by atoms with Gasteiger partial charge in [-0.2, -0.15) is 10.1 Å². The van der Waals surface area contributed by atoms with Gasteiger partial charge < -0.3 is 16.2 Å². The fourth-order valence-electron chi connectivity index (χ4n) is 3.76. The fourth-order valence-corrected chi connectivity index (χ4v) is 3.76. The molecule has 0 radical (unpaired) electrons. The summed E-state index contributed by atoms with van der Waals surface area (Å²) in [7, 11) is 3.27. The molecule has 3 aromatic heterocycles. The average Bonchev–Trinajstić information content (AvgIpc) is 3.37. The Kier molecular flexibility index (Phi) is 7.97. The molecule has 3 heterocycles. The van der Waals surface area contributed by atoms with Crippen molar-refractivity contribution >= 4 is 22.6 Å². The SMILES string of the molecule is CCc1nc2cccc(C#Cc3cnn(C)c3)c2c(=O)n1-c1ccccc1.COc1cnc(C(N)=O)c(N)n1. The molecule has 39 heavy (non-hydrogen) atoms. The molecule has 4 N–H and O–H groups in total. The van der Waals surface area contributed by atoms with Crippen LogP contribution in [0, 0.1) is 11.8 Å². The van der Waals surface area contributed by atoms with Gasteiger partial charge in [-0.3, -0.25) is 18.8 Å². The molecule has 0 bridgehead atoms. The highest BCUT2D eigenvalue weighted by Crippen LogP contribution is 2.17. The first-order valence-corrected chi connectivity index (χ1v) is 11.9. The van der Waals surface area contributed by atoms with Crippen molar-refractivity contribution in [3.63, 3.8) is 0 Å². The van der Waals surface area contributed by atoms with Crippen LogP contribution in [0.15, 0.2) is 71.9 Å². The van der Waals surface area contributed by atoms with E-state index in [-0.39, 0.29) is 23.0 Å². The predicted molar refractivity (Wildman–Crippen MR) is 147 cm³/mol. The predicted octanol–water partition coefficient (Wildman–Crippen LogP) is 2.25. The van der Waals surface area contributed by atoms with E-state index in [1.165, 1.54) is 13.3 Å². The zero-order valence-electron chi connectivity index (χ0n) is 21.6. The van der Waals surface area contributed by atoms with Crippen LogP contribution < -0.4 is 21.8 Å². The summed E-state index contributed by atoms with van der Waals surface area (Å²) in [6.45, 7) is 2.00. The van der Waals surface area contributed by atoms with Gasteiger partial charge in [0.05, 0.1) is 41.7 Å². The summed E-state index contributed by atoms with van der Waals surface area (Å²) in [5.41, 5.74) is 13.1. The molecule has 0 aliphatic heterocycles. The maximum Gasteiger partial charge on any atom is 0.271 e. The van der Waals surface area contributed by atoms with Crippen molar-refractivity contribution in [1.82, 2.24) is 29.3 Å². The number of nitrogens with two attached hydrogens (primary N) is 2. The molecule has 0 atom stereocenters. The number of benzene rings is 2. The van der Waals surface area contributed by atoms with E-state index < -0.39 is 5.91 Å². The van der Waals surface area contributed by atoms with Crippen LogP contribution in [0.4, 0.5) is 5.82 Å².